The molecule has 2 aromatic carbocycles. The molecule has 0 bridgehead atoms. The van der Waals surface area contributed by atoms with Crippen LogP contribution in [0.5, 0.6) is 0 Å². The van der Waals surface area contributed by atoms with Crippen LogP contribution >= 0.6 is 22.6 Å². The molecule has 2 amide bonds. The number of likely N-dealkylation sites (N-methyl/N-ethyl adjacent to an activating group) is 1. The van der Waals surface area contributed by atoms with E-state index in [1.807, 2.05) is 43.3 Å². The summed E-state index contributed by atoms with van der Waals surface area (Å²) in [5.41, 5.74) is 2.46. The third-order valence-corrected chi connectivity index (χ3v) is 4.21. The minimum atomic E-state index is -0.202. The Morgan fingerprint density at radius 3 is 2.39 bits per heavy atom. The molecule has 0 saturated carbocycles. The fraction of sp³-hybridized carbons (Fsp3) is 0.222. The summed E-state index contributed by atoms with van der Waals surface area (Å²) in [4.78, 5) is 25.9. The Bertz CT molecular complexity index is 698. The van der Waals surface area contributed by atoms with Crippen LogP contribution in [0.15, 0.2) is 48.5 Å². The van der Waals surface area contributed by atoms with Crippen molar-refractivity contribution in [3.05, 3.63) is 63.2 Å². The van der Waals surface area contributed by atoms with Crippen molar-refractivity contribution in [2.24, 2.45) is 0 Å². The number of carbonyl (C=O) groups is 2. The molecule has 0 aliphatic heterocycles. The fourth-order valence-corrected chi connectivity index (χ4v) is 2.60. The highest BCUT2D eigenvalue weighted by Gasteiger charge is 2.15. The minimum absolute atomic E-state index is 0.0167. The number of rotatable bonds is 5. The van der Waals surface area contributed by atoms with E-state index in [1.54, 1.807) is 19.2 Å². The molecule has 0 aliphatic carbocycles. The normalized spacial score (nSPS) is 10.2. The van der Waals surface area contributed by atoms with Crippen LogP contribution in [0.1, 0.15) is 22.8 Å². The Morgan fingerprint density at radius 1 is 1.09 bits per heavy atom. The van der Waals surface area contributed by atoms with Gasteiger partial charge in [0.2, 0.25) is 5.91 Å². The summed E-state index contributed by atoms with van der Waals surface area (Å²) in [6.07, 6.45) is 0.841. The second-order valence-electron chi connectivity index (χ2n) is 5.23. The van der Waals surface area contributed by atoms with Crippen LogP contribution in [0, 0.1) is 3.57 Å². The molecule has 0 saturated heterocycles. The predicted molar refractivity (Wildman–Crippen MR) is 101 cm³/mol. The summed E-state index contributed by atoms with van der Waals surface area (Å²) in [6, 6.07) is 15.0. The summed E-state index contributed by atoms with van der Waals surface area (Å²) in [6.45, 7) is 2.06. The lowest BCUT2D eigenvalue weighted by Gasteiger charge is -2.17. The Kier molecular flexibility index (Phi) is 6.15. The quantitative estimate of drug-likeness (QED) is 0.750. The van der Waals surface area contributed by atoms with Crippen molar-refractivity contribution >= 4 is 40.1 Å². The van der Waals surface area contributed by atoms with Gasteiger partial charge < -0.3 is 10.2 Å². The first-order valence-corrected chi connectivity index (χ1v) is 8.48. The maximum absolute atomic E-state index is 12.3. The largest absolute Gasteiger partial charge is 0.332 e. The fourth-order valence-electron chi connectivity index (χ4n) is 2.24. The molecule has 23 heavy (non-hydrogen) atoms. The molecular formula is C18H19IN2O2. The first kappa shape index (κ1) is 17.5. The molecule has 0 heterocycles. The molecule has 0 aromatic heterocycles. The Balaban J connectivity index is 1.99. The lowest BCUT2D eigenvalue weighted by molar-refractivity contribution is -0.116. The topological polar surface area (TPSA) is 49.4 Å². The van der Waals surface area contributed by atoms with E-state index in [0.29, 0.717) is 5.56 Å². The highest BCUT2D eigenvalue weighted by molar-refractivity contribution is 14.1. The maximum atomic E-state index is 12.3. The Morgan fingerprint density at radius 2 is 1.74 bits per heavy atom. The van der Waals surface area contributed by atoms with Gasteiger partial charge in [-0.1, -0.05) is 25.1 Å². The number of hydrogen-bond donors (Lipinski definition) is 1. The van der Waals surface area contributed by atoms with Crippen LogP contribution in [0.25, 0.3) is 0 Å². The number of nitrogens with zero attached hydrogens (tertiary/aromatic N) is 1. The van der Waals surface area contributed by atoms with E-state index in [1.165, 1.54) is 4.90 Å². The van der Waals surface area contributed by atoms with Crippen molar-refractivity contribution in [3.63, 3.8) is 0 Å². The van der Waals surface area contributed by atoms with Crippen molar-refractivity contribution < 1.29 is 9.59 Å². The number of halogens is 1. The zero-order valence-electron chi connectivity index (χ0n) is 13.2. The van der Waals surface area contributed by atoms with E-state index in [-0.39, 0.29) is 18.4 Å². The first-order valence-electron chi connectivity index (χ1n) is 7.40. The van der Waals surface area contributed by atoms with E-state index in [2.05, 4.69) is 27.9 Å². The van der Waals surface area contributed by atoms with Gasteiger partial charge in [0.05, 0.1) is 6.54 Å². The smallest absolute Gasteiger partial charge is 0.254 e. The molecule has 2 aromatic rings. The number of hydrogen-bond acceptors (Lipinski definition) is 2. The standard InChI is InChI=1S/C18H19IN2O2/c1-3-13-6-4-5-7-16(13)20-17(22)12-21(2)18(23)14-8-10-15(19)11-9-14/h4-11H,3,12H2,1-2H3,(H,20,22). The SMILES string of the molecule is CCc1ccccc1NC(=O)CN(C)C(=O)c1ccc(I)cc1. The summed E-state index contributed by atoms with van der Waals surface area (Å²) in [7, 11) is 1.63. The second kappa shape index (κ2) is 8.10. The van der Waals surface area contributed by atoms with E-state index in [4.69, 9.17) is 0 Å². The van der Waals surface area contributed by atoms with Crippen molar-refractivity contribution in [1.82, 2.24) is 4.90 Å². The number of para-hydroxylation sites is 1. The number of amides is 2. The van der Waals surface area contributed by atoms with Crippen LogP contribution in [0.3, 0.4) is 0 Å². The van der Waals surface area contributed by atoms with Crippen LogP contribution in [-0.2, 0) is 11.2 Å². The number of anilines is 1. The molecule has 0 unspecified atom stereocenters. The van der Waals surface area contributed by atoms with Gasteiger partial charge in [-0.05, 0) is 64.9 Å². The molecule has 0 atom stereocenters. The van der Waals surface area contributed by atoms with Gasteiger partial charge in [0.15, 0.2) is 0 Å². The molecule has 1 N–H and O–H groups in total. The summed E-state index contributed by atoms with van der Waals surface area (Å²) in [5, 5.41) is 2.87. The Hall–Kier alpha value is -1.89. The zero-order valence-corrected chi connectivity index (χ0v) is 15.3. The molecule has 0 fully saturated rings. The minimum Gasteiger partial charge on any atom is -0.332 e. The number of aryl methyl sites for hydroxylation is 1. The molecule has 120 valence electrons. The average Bonchev–Trinajstić information content (AvgIpc) is 2.55. The second-order valence-corrected chi connectivity index (χ2v) is 6.47. The van der Waals surface area contributed by atoms with Gasteiger partial charge in [-0.25, -0.2) is 0 Å². The van der Waals surface area contributed by atoms with Crippen LogP contribution in [0.2, 0.25) is 0 Å². The number of nitrogens with one attached hydrogen (secondary N) is 1. The highest BCUT2D eigenvalue weighted by Crippen LogP contribution is 2.15. The van der Waals surface area contributed by atoms with Gasteiger partial charge in [-0.15, -0.1) is 0 Å². The summed E-state index contributed by atoms with van der Waals surface area (Å²) >= 11 is 2.19. The van der Waals surface area contributed by atoms with Crippen molar-refractivity contribution in [1.29, 1.82) is 0 Å². The third-order valence-electron chi connectivity index (χ3n) is 3.49. The van der Waals surface area contributed by atoms with E-state index in [0.717, 1.165) is 21.2 Å². The van der Waals surface area contributed by atoms with Gasteiger partial charge in [0, 0.05) is 21.9 Å². The van der Waals surface area contributed by atoms with Gasteiger partial charge in [0.1, 0.15) is 0 Å². The van der Waals surface area contributed by atoms with E-state index < -0.39 is 0 Å². The number of benzene rings is 2. The molecule has 0 radical (unpaired) electrons. The van der Waals surface area contributed by atoms with Crippen molar-refractivity contribution in [3.8, 4) is 0 Å². The molecule has 5 heteroatoms. The third kappa shape index (κ3) is 4.79. The lowest BCUT2D eigenvalue weighted by atomic mass is 10.1. The van der Waals surface area contributed by atoms with E-state index in [9.17, 15) is 9.59 Å². The van der Waals surface area contributed by atoms with Gasteiger partial charge in [0.25, 0.3) is 5.91 Å². The zero-order chi connectivity index (χ0) is 16.8. The molecule has 2 rings (SSSR count). The highest BCUT2D eigenvalue weighted by atomic mass is 127. The molecule has 0 aliphatic rings. The average molecular weight is 422 g/mol. The maximum Gasteiger partial charge on any atom is 0.254 e. The van der Waals surface area contributed by atoms with Gasteiger partial charge >= 0.3 is 0 Å². The van der Waals surface area contributed by atoms with Crippen molar-refractivity contribution in [2.75, 3.05) is 18.9 Å². The lowest BCUT2D eigenvalue weighted by Crippen LogP contribution is -2.35. The Labute approximate surface area is 150 Å². The predicted octanol–water partition coefficient (Wildman–Crippen LogP) is 3.56. The summed E-state index contributed by atoms with van der Waals surface area (Å²) < 4.78 is 1.07. The van der Waals surface area contributed by atoms with Gasteiger partial charge in [-0.3, -0.25) is 9.59 Å². The van der Waals surface area contributed by atoms with Crippen LogP contribution < -0.4 is 5.32 Å². The summed E-state index contributed by atoms with van der Waals surface area (Å²) in [5.74, 6) is -0.368. The van der Waals surface area contributed by atoms with Crippen molar-refractivity contribution in [2.45, 2.75) is 13.3 Å². The molecule has 0 spiro atoms. The van der Waals surface area contributed by atoms with E-state index >= 15 is 0 Å². The van der Waals surface area contributed by atoms with Crippen LogP contribution in [-0.4, -0.2) is 30.3 Å². The number of carbonyl (C=O) groups excluding carboxylic acids is 2. The first-order chi connectivity index (χ1) is 11.0. The van der Waals surface area contributed by atoms with Crippen LogP contribution in [0.4, 0.5) is 5.69 Å². The van der Waals surface area contributed by atoms with Gasteiger partial charge in [-0.2, -0.15) is 0 Å². The molecule has 4 nitrogen and oxygen atoms in total. The monoisotopic (exact) mass is 422 g/mol. The molecular weight excluding hydrogens is 403 g/mol.